The first kappa shape index (κ1) is 16.6. The van der Waals surface area contributed by atoms with Crippen LogP contribution >= 0.6 is 0 Å². The van der Waals surface area contributed by atoms with Crippen molar-refractivity contribution in [2.75, 3.05) is 6.61 Å². The highest BCUT2D eigenvalue weighted by molar-refractivity contribution is 6.06. The van der Waals surface area contributed by atoms with Gasteiger partial charge in [-0.15, -0.1) is 0 Å². The van der Waals surface area contributed by atoms with Crippen molar-refractivity contribution in [2.24, 2.45) is 13.0 Å². The smallest absolute Gasteiger partial charge is 0.311 e. The van der Waals surface area contributed by atoms with Crippen molar-refractivity contribution < 1.29 is 14.3 Å². The molecule has 1 heterocycles. The molecule has 1 saturated carbocycles. The van der Waals surface area contributed by atoms with Crippen molar-refractivity contribution in [3.05, 3.63) is 36.0 Å². The largest absolute Gasteiger partial charge is 0.466 e. The Labute approximate surface area is 142 Å². The summed E-state index contributed by atoms with van der Waals surface area (Å²) in [5, 5.41) is 4.01. The molecular weight excluding hydrogens is 304 g/mol. The number of nitrogens with zero attached hydrogens (tertiary/aromatic N) is 1. The first-order valence-corrected chi connectivity index (χ1v) is 8.63. The van der Waals surface area contributed by atoms with Gasteiger partial charge in [0.15, 0.2) is 0 Å². The molecule has 1 aliphatic carbocycles. The molecular formula is C19H24N2O3. The molecule has 1 amide bonds. The molecule has 1 aromatic heterocycles. The average molecular weight is 328 g/mol. The number of benzene rings is 1. The van der Waals surface area contributed by atoms with Crippen LogP contribution in [0.5, 0.6) is 0 Å². The Morgan fingerprint density at radius 3 is 2.83 bits per heavy atom. The van der Waals surface area contributed by atoms with E-state index < -0.39 is 0 Å². The highest BCUT2D eigenvalue weighted by atomic mass is 16.5. The second-order valence-electron chi connectivity index (χ2n) is 6.39. The SMILES string of the molecule is CCOC(=O)[C@H]1CCCC[C@H]1NC(=O)c1cccc2c1ccn2C. The van der Waals surface area contributed by atoms with Gasteiger partial charge >= 0.3 is 5.97 Å². The number of fused-ring (bicyclic) bond motifs is 1. The first-order chi connectivity index (χ1) is 11.6. The molecule has 2 atom stereocenters. The Bertz CT molecular complexity index is 750. The third kappa shape index (κ3) is 3.16. The number of carbonyl (C=O) groups excluding carboxylic acids is 2. The standard InChI is InChI=1S/C19H24N2O3/c1-3-24-19(23)15-7-4-5-9-16(15)20-18(22)14-8-6-10-17-13(14)11-12-21(17)2/h6,8,10-12,15-16H,3-5,7,9H2,1-2H3,(H,20,22)/t15-,16+/m0/s1. The van der Waals surface area contributed by atoms with Gasteiger partial charge in [-0.3, -0.25) is 9.59 Å². The lowest BCUT2D eigenvalue weighted by Gasteiger charge is -2.30. The fourth-order valence-corrected chi connectivity index (χ4v) is 3.58. The van der Waals surface area contributed by atoms with Gasteiger partial charge in [0.1, 0.15) is 0 Å². The van der Waals surface area contributed by atoms with Crippen LogP contribution in [0.25, 0.3) is 10.9 Å². The second kappa shape index (κ2) is 7.07. The molecule has 1 N–H and O–H groups in total. The van der Waals surface area contributed by atoms with Crippen LogP contribution in [-0.2, 0) is 16.6 Å². The summed E-state index contributed by atoms with van der Waals surface area (Å²) >= 11 is 0. The molecule has 2 aromatic rings. The highest BCUT2D eigenvalue weighted by Crippen LogP contribution is 2.27. The summed E-state index contributed by atoms with van der Waals surface area (Å²) in [7, 11) is 1.96. The predicted molar refractivity (Wildman–Crippen MR) is 92.8 cm³/mol. The third-order valence-electron chi connectivity index (χ3n) is 4.84. The van der Waals surface area contributed by atoms with E-state index in [9.17, 15) is 9.59 Å². The molecule has 5 nitrogen and oxygen atoms in total. The maximum absolute atomic E-state index is 12.8. The normalized spacial score (nSPS) is 20.8. The molecule has 3 rings (SSSR count). The summed E-state index contributed by atoms with van der Waals surface area (Å²) in [4.78, 5) is 25.0. The molecule has 1 aromatic carbocycles. The lowest BCUT2D eigenvalue weighted by molar-refractivity contribution is -0.150. The van der Waals surface area contributed by atoms with Crippen molar-refractivity contribution in [1.82, 2.24) is 9.88 Å². The van der Waals surface area contributed by atoms with Gasteiger partial charge in [-0.25, -0.2) is 0 Å². The Kier molecular flexibility index (Phi) is 4.88. The maximum atomic E-state index is 12.8. The monoisotopic (exact) mass is 328 g/mol. The summed E-state index contributed by atoms with van der Waals surface area (Å²) in [6.45, 7) is 2.18. The Balaban J connectivity index is 1.80. The van der Waals surface area contributed by atoms with Crippen molar-refractivity contribution in [2.45, 2.75) is 38.6 Å². The lowest BCUT2D eigenvalue weighted by Crippen LogP contribution is -2.45. The van der Waals surface area contributed by atoms with E-state index in [0.717, 1.165) is 36.6 Å². The fourth-order valence-electron chi connectivity index (χ4n) is 3.58. The van der Waals surface area contributed by atoms with Crippen molar-refractivity contribution in [1.29, 1.82) is 0 Å². The number of aromatic nitrogens is 1. The number of hydrogen-bond donors (Lipinski definition) is 1. The maximum Gasteiger partial charge on any atom is 0.311 e. The summed E-state index contributed by atoms with van der Waals surface area (Å²) in [5.41, 5.74) is 1.68. The van der Waals surface area contributed by atoms with Crippen LogP contribution in [0.4, 0.5) is 0 Å². The molecule has 0 saturated heterocycles. The van der Waals surface area contributed by atoms with Gasteiger partial charge in [0.05, 0.1) is 12.5 Å². The summed E-state index contributed by atoms with van der Waals surface area (Å²) in [6, 6.07) is 7.52. The minimum absolute atomic E-state index is 0.118. The van der Waals surface area contributed by atoms with Crippen LogP contribution in [0.1, 0.15) is 43.0 Å². The minimum Gasteiger partial charge on any atom is -0.466 e. The zero-order valence-corrected chi connectivity index (χ0v) is 14.2. The minimum atomic E-state index is -0.238. The van der Waals surface area contributed by atoms with Gasteiger partial charge < -0.3 is 14.6 Å². The van der Waals surface area contributed by atoms with Gasteiger partial charge in [-0.2, -0.15) is 0 Å². The number of carbonyl (C=O) groups is 2. The highest BCUT2D eigenvalue weighted by Gasteiger charge is 2.33. The van der Waals surface area contributed by atoms with E-state index in [2.05, 4.69) is 5.32 Å². The number of ether oxygens (including phenoxy) is 1. The topological polar surface area (TPSA) is 60.3 Å². The van der Waals surface area contributed by atoms with Crippen LogP contribution in [0.2, 0.25) is 0 Å². The summed E-state index contributed by atoms with van der Waals surface area (Å²) in [6.07, 6.45) is 5.57. The average Bonchev–Trinajstić information content (AvgIpc) is 2.97. The molecule has 0 radical (unpaired) electrons. The summed E-state index contributed by atoms with van der Waals surface area (Å²) in [5.74, 6) is -0.550. The molecule has 0 bridgehead atoms. The quantitative estimate of drug-likeness (QED) is 0.878. The molecule has 0 aliphatic heterocycles. The Morgan fingerprint density at radius 2 is 2.04 bits per heavy atom. The van der Waals surface area contributed by atoms with Gasteiger partial charge in [0, 0.05) is 35.8 Å². The van der Waals surface area contributed by atoms with Gasteiger partial charge in [0.25, 0.3) is 5.91 Å². The van der Waals surface area contributed by atoms with E-state index in [0.29, 0.717) is 12.2 Å². The van der Waals surface area contributed by atoms with Crippen LogP contribution in [0.15, 0.2) is 30.5 Å². The van der Waals surface area contributed by atoms with Gasteiger partial charge in [0.2, 0.25) is 0 Å². The van der Waals surface area contributed by atoms with E-state index >= 15 is 0 Å². The molecule has 24 heavy (non-hydrogen) atoms. The van der Waals surface area contributed by atoms with E-state index in [1.165, 1.54) is 0 Å². The number of amides is 1. The zero-order valence-electron chi connectivity index (χ0n) is 14.2. The van der Waals surface area contributed by atoms with Crippen LogP contribution in [-0.4, -0.2) is 29.1 Å². The van der Waals surface area contributed by atoms with Crippen molar-refractivity contribution in [3.8, 4) is 0 Å². The van der Waals surface area contributed by atoms with Crippen molar-refractivity contribution >= 4 is 22.8 Å². The van der Waals surface area contributed by atoms with E-state index in [4.69, 9.17) is 4.74 Å². The first-order valence-electron chi connectivity index (χ1n) is 8.63. The molecule has 0 unspecified atom stereocenters. The molecule has 1 fully saturated rings. The number of hydrogen-bond acceptors (Lipinski definition) is 3. The van der Waals surface area contributed by atoms with Gasteiger partial charge in [-0.1, -0.05) is 18.9 Å². The molecule has 128 valence electrons. The van der Waals surface area contributed by atoms with Crippen LogP contribution < -0.4 is 5.32 Å². The second-order valence-corrected chi connectivity index (χ2v) is 6.39. The van der Waals surface area contributed by atoms with Crippen LogP contribution in [0, 0.1) is 5.92 Å². The number of rotatable bonds is 4. The fraction of sp³-hybridized carbons (Fsp3) is 0.474. The number of aryl methyl sites for hydroxylation is 1. The predicted octanol–water partition coefficient (Wildman–Crippen LogP) is 3.03. The molecule has 5 heteroatoms. The number of esters is 1. The van der Waals surface area contributed by atoms with E-state index in [1.54, 1.807) is 0 Å². The van der Waals surface area contributed by atoms with Gasteiger partial charge in [-0.05, 0) is 38.0 Å². The molecule has 1 aliphatic rings. The van der Waals surface area contributed by atoms with E-state index in [-0.39, 0.29) is 23.8 Å². The number of nitrogens with one attached hydrogen (secondary N) is 1. The van der Waals surface area contributed by atoms with E-state index in [1.807, 2.05) is 49.0 Å². The summed E-state index contributed by atoms with van der Waals surface area (Å²) < 4.78 is 7.17. The van der Waals surface area contributed by atoms with Crippen molar-refractivity contribution in [3.63, 3.8) is 0 Å². The lowest BCUT2D eigenvalue weighted by atomic mass is 9.84. The Hall–Kier alpha value is -2.30. The molecule has 0 spiro atoms. The van der Waals surface area contributed by atoms with Crippen LogP contribution in [0.3, 0.4) is 0 Å². The zero-order chi connectivity index (χ0) is 17.1. The Morgan fingerprint density at radius 1 is 1.25 bits per heavy atom. The third-order valence-corrected chi connectivity index (χ3v) is 4.84.